The number of aliphatic hydroxyl groups excluding tert-OH is 3. The third-order valence-corrected chi connectivity index (χ3v) is 9.36. The van der Waals surface area contributed by atoms with Crippen LogP contribution < -0.4 is 20.3 Å². The quantitative estimate of drug-likeness (QED) is 0.0618. The number of aliphatic hydroxyl groups is 3. The van der Waals surface area contributed by atoms with Crippen molar-refractivity contribution < 1.29 is 58.6 Å². The van der Waals surface area contributed by atoms with Crippen molar-refractivity contribution in [2.45, 2.75) is 71.5 Å². The molecule has 2 rings (SSSR count). The average Bonchev–Trinajstić information content (AvgIpc) is 2.92. The van der Waals surface area contributed by atoms with E-state index in [9.17, 15) is 44.0 Å². The van der Waals surface area contributed by atoms with Crippen LogP contribution >= 0.6 is 15.2 Å². The highest BCUT2D eigenvalue weighted by atomic mass is 31.2. The van der Waals surface area contributed by atoms with Gasteiger partial charge in [-0.15, -0.1) is 0 Å². The molecule has 0 saturated carbocycles. The molecule has 0 bridgehead atoms. The molecule has 0 spiro atoms. The standard InChI is InChI=1S/C28H47N3O10P2/c1-3-41-28-23(9-7-11-25(28)17-33)15-31(20-43(38,39)40)27(18-34)26(12-4-5-13-29)30(19-42(35,36)37)14-22-8-6-10-24(16-32)21(22)2/h6-11,26-27,32-34H,3-5,12-20,29H2,1-2H3,(H2,35,36,37)(H2,38,39,40)/p+2. The van der Waals surface area contributed by atoms with Crippen LogP contribution in [-0.4, -0.2) is 79.3 Å². The second kappa shape index (κ2) is 17.7. The van der Waals surface area contributed by atoms with Crippen LogP contribution in [0.3, 0.4) is 0 Å². The van der Waals surface area contributed by atoms with E-state index >= 15 is 0 Å². The third kappa shape index (κ3) is 12.0. The van der Waals surface area contributed by atoms with Crippen molar-refractivity contribution in [2.75, 3.05) is 32.3 Å². The molecule has 0 radical (unpaired) electrons. The lowest BCUT2D eigenvalue weighted by Crippen LogP contribution is -3.25. The average molecular weight is 650 g/mol. The number of hydrogen-bond acceptors (Lipinski definition) is 7. The fourth-order valence-electron chi connectivity index (χ4n) is 5.70. The SMILES string of the molecule is CCOc1c(CO)cccc1C[NH+](CP(=O)(O)O)C(CO)C(CCCCN)[NH+](Cc1cccc(CO)c1C)CP(=O)(O)O. The first kappa shape index (κ1) is 37.5. The van der Waals surface area contributed by atoms with Crippen molar-refractivity contribution in [1.82, 2.24) is 0 Å². The predicted octanol–water partition coefficient (Wildman–Crippen LogP) is -1.02. The van der Waals surface area contributed by atoms with Gasteiger partial charge >= 0.3 is 15.2 Å². The molecule has 244 valence electrons. The number of quaternary nitrogens is 2. The molecule has 0 aliphatic rings. The molecule has 0 aromatic heterocycles. The smallest absolute Gasteiger partial charge is 0.379 e. The number of benzene rings is 2. The van der Waals surface area contributed by atoms with Crippen molar-refractivity contribution in [3.63, 3.8) is 0 Å². The molecule has 2 aromatic rings. The van der Waals surface area contributed by atoms with E-state index in [1.165, 1.54) is 0 Å². The molecule has 11 N–H and O–H groups in total. The van der Waals surface area contributed by atoms with Crippen LogP contribution in [0.15, 0.2) is 36.4 Å². The zero-order valence-electron chi connectivity index (χ0n) is 24.9. The monoisotopic (exact) mass is 649 g/mol. The minimum atomic E-state index is -4.65. The largest absolute Gasteiger partial charge is 0.493 e. The highest BCUT2D eigenvalue weighted by Gasteiger charge is 2.42. The van der Waals surface area contributed by atoms with E-state index in [1.807, 2.05) is 13.0 Å². The van der Waals surface area contributed by atoms with Gasteiger partial charge in [0.05, 0.1) is 19.8 Å². The van der Waals surface area contributed by atoms with Crippen molar-refractivity contribution in [3.05, 3.63) is 64.2 Å². The van der Waals surface area contributed by atoms with Gasteiger partial charge in [-0.2, -0.15) is 0 Å². The van der Waals surface area contributed by atoms with Gasteiger partial charge < -0.3 is 55.2 Å². The lowest BCUT2D eigenvalue weighted by Gasteiger charge is -2.38. The molecular formula is C28H49N3O10P2+2. The summed E-state index contributed by atoms with van der Waals surface area (Å²) in [6.45, 7) is 3.37. The first-order chi connectivity index (χ1) is 20.3. The Morgan fingerprint density at radius 3 is 1.81 bits per heavy atom. The Labute approximate surface area is 253 Å². The van der Waals surface area contributed by atoms with Gasteiger partial charge in [0.1, 0.15) is 31.5 Å². The van der Waals surface area contributed by atoms with E-state index in [2.05, 4.69) is 0 Å². The van der Waals surface area contributed by atoms with E-state index in [4.69, 9.17) is 10.5 Å². The van der Waals surface area contributed by atoms with Crippen molar-refractivity contribution in [3.8, 4) is 5.75 Å². The van der Waals surface area contributed by atoms with Gasteiger partial charge in [0.2, 0.25) is 0 Å². The molecule has 4 unspecified atom stereocenters. The van der Waals surface area contributed by atoms with Crippen LogP contribution in [-0.2, 0) is 35.4 Å². The van der Waals surface area contributed by atoms with E-state index < -0.39 is 46.5 Å². The summed E-state index contributed by atoms with van der Waals surface area (Å²) in [5, 5.41) is 30.5. The normalized spacial score (nSPS) is 15.2. The Hall–Kier alpha value is -1.70. The first-order valence-electron chi connectivity index (χ1n) is 14.4. The molecule has 2 aromatic carbocycles. The van der Waals surface area contributed by atoms with Crippen LogP contribution in [0, 0.1) is 6.92 Å². The van der Waals surface area contributed by atoms with Crippen molar-refractivity contribution >= 4 is 15.2 Å². The highest BCUT2D eigenvalue weighted by Crippen LogP contribution is 2.33. The minimum absolute atomic E-state index is 0.00904. The molecule has 0 heterocycles. The molecule has 43 heavy (non-hydrogen) atoms. The number of nitrogens with one attached hydrogen (secondary N) is 2. The fraction of sp³-hybridized carbons (Fsp3) is 0.571. The molecule has 4 atom stereocenters. The molecule has 13 nitrogen and oxygen atoms in total. The maximum absolute atomic E-state index is 12.4. The lowest BCUT2D eigenvalue weighted by atomic mass is 9.96. The van der Waals surface area contributed by atoms with Gasteiger partial charge in [-0.25, -0.2) is 0 Å². The number of unbranched alkanes of at least 4 members (excludes halogenated alkanes) is 1. The molecule has 0 amide bonds. The Morgan fingerprint density at radius 2 is 1.30 bits per heavy atom. The molecule has 0 aliphatic carbocycles. The number of rotatable bonds is 20. The Morgan fingerprint density at radius 1 is 0.791 bits per heavy atom. The van der Waals surface area contributed by atoms with Crippen molar-refractivity contribution in [2.24, 2.45) is 5.73 Å². The van der Waals surface area contributed by atoms with Crippen LogP contribution in [0.2, 0.25) is 0 Å². The fourth-order valence-corrected chi connectivity index (χ4v) is 7.45. The predicted molar refractivity (Wildman–Crippen MR) is 161 cm³/mol. The minimum Gasteiger partial charge on any atom is -0.493 e. The maximum Gasteiger partial charge on any atom is 0.379 e. The first-order valence-corrected chi connectivity index (χ1v) is 18.0. The van der Waals surface area contributed by atoms with Gasteiger partial charge in [0, 0.05) is 23.1 Å². The summed E-state index contributed by atoms with van der Waals surface area (Å²) in [5.74, 6) is 0.392. The number of nitrogens with two attached hydrogens (primary N) is 1. The Balaban J connectivity index is 2.68. The second-order valence-electron chi connectivity index (χ2n) is 10.9. The Kier molecular flexibility index (Phi) is 15.4. The molecule has 0 aliphatic heterocycles. The van der Waals surface area contributed by atoms with Crippen molar-refractivity contribution in [1.29, 1.82) is 0 Å². The van der Waals surface area contributed by atoms with Gasteiger partial charge in [0.25, 0.3) is 0 Å². The number of para-hydroxylation sites is 1. The van der Waals surface area contributed by atoms with E-state index in [-0.39, 0.29) is 32.9 Å². The second-order valence-corrected chi connectivity index (χ2v) is 14.1. The van der Waals surface area contributed by atoms with E-state index in [1.54, 1.807) is 37.3 Å². The summed E-state index contributed by atoms with van der Waals surface area (Å²) in [6.07, 6.45) is 0.314. The summed E-state index contributed by atoms with van der Waals surface area (Å²) < 4.78 is 30.7. The highest BCUT2D eigenvalue weighted by molar-refractivity contribution is 7.51. The number of hydrogen-bond donors (Lipinski definition) is 10. The molecular weight excluding hydrogens is 600 g/mol. The van der Waals surface area contributed by atoms with Crippen LogP contribution in [0.1, 0.15) is 54.0 Å². The topological polar surface area (TPSA) is 220 Å². The summed E-state index contributed by atoms with van der Waals surface area (Å²) in [7, 11) is -9.26. The zero-order chi connectivity index (χ0) is 32.2. The summed E-state index contributed by atoms with van der Waals surface area (Å²) in [5.41, 5.74) is 9.02. The van der Waals surface area contributed by atoms with E-state index in [0.29, 0.717) is 58.0 Å². The molecule has 0 fully saturated rings. The molecule has 0 saturated heterocycles. The van der Waals surface area contributed by atoms with Gasteiger partial charge in [-0.1, -0.05) is 30.3 Å². The van der Waals surface area contributed by atoms with Crippen LogP contribution in [0.4, 0.5) is 0 Å². The summed E-state index contributed by atoms with van der Waals surface area (Å²) >= 11 is 0. The molecule has 15 heteroatoms. The summed E-state index contributed by atoms with van der Waals surface area (Å²) in [6, 6.07) is 8.93. The van der Waals surface area contributed by atoms with Gasteiger partial charge in [-0.05, 0) is 50.4 Å². The zero-order valence-corrected chi connectivity index (χ0v) is 26.7. The Bertz CT molecular complexity index is 1240. The lowest BCUT2D eigenvalue weighted by molar-refractivity contribution is -0.999. The van der Waals surface area contributed by atoms with E-state index in [0.717, 1.165) is 11.1 Å². The van der Waals surface area contributed by atoms with Crippen LogP contribution in [0.5, 0.6) is 5.75 Å². The number of ether oxygens (including phenoxy) is 1. The van der Waals surface area contributed by atoms with Gasteiger partial charge in [-0.3, -0.25) is 9.13 Å². The maximum atomic E-state index is 12.4. The van der Waals surface area contributed by atoms with Gasteiger partial charge in [0.15, 0.2) is 18.6 Å². The van der Waals surface area contributed by atoms with Crippen LogP contribution in [0.25, 0.3) is 0 Å². The summed E-state index contributed by atoms with van der Waals surface area (Å²) in [4.78, 5) is 41.2. The third-order valence-electron chi connectivity index (χ3n) is 7.72.